The summed E-state index contributed by atoms with van der Waals surface area (Å²) in [7, 11) is 0. The summed E-state index contributed by atoms with van der Waals surface area (Å²) in [5.74, 6) is 9.43. The van der Waals surface area contributed by atoms with Gasteiger partial charge in [0, 0.05) is 52.0 Å². The minimum atomic E-state index is 0.670. The molecular formula is C102H87N3. The lowest BCUT2D eigenvalue weighted by molar-refractivity contribution is 0.165. The molecule has 3 nitrogen and oxygen atoms in total. The van der Waals surface area contributed by atoms with Gasteiger partial charge in [-0.15, -0.1) is 0 Å². The Labute approximate surface area is 619 Å². The molecular weight excluding hydrogens is 1270 g/mol. The van der Waals surface area contributed by atoms with E-state index in [1.54, 1.807) is 33.4 Å². The van der Waals surface area contributed by atoms with E-state index < -0.39 is 0 Å². The van der Waals surface area contributed by atoms with Gasteiger partial charge in [0.1, 0.15) is 0 Å². The summed E-state index contributed by atoms with van der Waals surface area (Å²) in [6.07, 6.45) is 27.1. The normalized spacial score (nSPS) is 24.6. The minimum Gasteiger partial charge on any atom is -0.256 e. The smallest absolute Gasteiger partial charge is 0.0702 e. The molecule has 3 heteroatoms. The van der Waals surface area contributed by atoms with Crippen LogP contribution in [0.25, 0.3) is 134 Å². The Kier molecular flexibility index (Phi) is 14.9. The van der Waals surface area contributed by atoms with Crippen molar-refractivity contribution in [2.75, 3.05) is 0 Å². The second-order valence-electron chi connectivity index (χ2n) is 33.9. The molecule has 0 saturated heterocycles. The van der Waals surface area contributed by atoms with E-state index >= 15 is 0 Å². The van der Waals surface area contributed by atoms with E-state index in [2.05, 4.69) is 273 Å². The molecule has 0 amide bonds. The topological polar surface area (TPSA) is 38.7 Å². The number of pyridine rings is 3. The SMILES string of the molecule is c1ccc(-c2ccc(-c3cc(-c4ccc(-c5ccccc5)cc4-c4ccc(-c5ccc6c(c5)C5CC7CC(CC6C7)C5)nc4)cc(-c4ccc(-c5ccccc5)cc4-c4ccc(-c5ccc6c(c5)C5CC7CC(CC6C7)C5)nc4)c3)c(-c3ccc(-c4ccc5c(c4)C4CC6CC(CC5C6)C4)nc3)c2)cc1. The van der Waals surface area contributed by atoms with Crippen LogP contribution in [0.5, 0.6) is 0 Å². The van der Waals surface area contributed by atoms with Gasteiger partial charge in [0.2, 0.25) is 0 Å². The number of hydrogen-bond acceptors (Lipinski definition) is 3. The first kappa shape index (κ1) is 62.1. The number of aromatic nitrogens is 3. The molecule has 12 aliphatic rings. The molecule has 0 N–H and O–H groups in total. The molecule has 10 aromatic carbocycles. The summed E-state index contributed by atoms with van der Waals surface area (Å²) >= 11 is 0. The van der Waals surface area contributed by atoms with Crippen molar-refractivity contribution in [3.8, 4) is 134 Å². The van der Waals surface area contributed by atoms with Crippen LogP contribution in [0, 0.1) is 35.5 Å². The van der Waals surface area contributed by atoms with E-state index in [-0.39, 0.29) is 0 Å². The maximum absolute atomic E-state index is 5.45. The van der Waals surface area contributed by atoms with Crippen molar-refractivity contribution in [1.29, 1.82) is 0 Å². The highest BCUT2D eigenvalue weighted by atomic mass is 14.7. The summed E-state index contributed by atoms with van der Waals surface area (Å²) in [5, 5.41) is 0. The molecule has 6 atom stereocenters. The molecule has 12 bridgehead atoms. The van der Waals surface area contributed by atoms with Gasteiger partial charge in [0.15, 0.2) is 0 Å². The monoisotopic (exact) mass is 1350 g/mol. The average Bonchev–Trinajstić information content (AvgIpc) is 1.35. The van der Waals surface area contributed by atoms with E-state index in [1.165, 1.54) is 146 Å². The molecule has 0 aliphatic heterocycles. The highest BCUT2D eigenvalue weighted by Crippen LogP contribution is 2.60. The number of rotatable bonds is 12. The molecule has 6 fully saturated rings. The van der Waals surface area contributed by atoms with Gasteiger partial charge >= 0.3 is 0 Å². The van der Waals surface area contributed by atoms with Crippen LogP contribution in [0.4, 0.5) is 0 Å². The van der Waals surface area contributed by atoms with E-state index in [0.29, 0.717) is 35.5 Å². The highest BCUT2D eigenvalue weighted by Gasteiger charge is 2.45. The molecule has 13 aromatic rings. The van der Waals surface area contributed by atoms with E-state index in [9.17, 15) is 0 Å². The molecule has 6 unspecified atom stereocenters. The number of hydrogen-bond donors (Lipinski definition) is 0. The van der Waals surface area contributed by atoms with Crippen molar-refractivity contribution < 1.29 is 0 Å². The number of nitrogens with zero attached hydrogens (tertiary/aromatic N) is 3. The van der Waals surface area contributed by atoms with Crippen LogP contribution in [-0.2, 0) is 0 Å². The fourth-order valence-electron chi connectivity index (χ4n) is 23.3. The van der Waals surface area contributed by atoms with E-state index in [0.717, 1.165) is 119 Å². The zero-order valence-corrected chi connectivity index (χ0v) is 59.9. The minimum absolute atomic E-state index is 0.670. The fourth-order valence-corrected chi connectivity index (χ4v) is 23.3. The van der Waals surface area contributed by atoms with Crippen molar-refractivity contribution >= 4 is 0 Å². The molecule has 105 heavy (non-hydrogen) atoms. The van der Waals surface area contributed by atoms with Crippen LogP contribution in [-0.4, -0.2) is 15.0 Å². The van der Waals surface area contributed by atoms with Gasteiger partial charge in [0.25, 0.3) is 0 Å². The summed E-state index contributed by atoms with van der Waals surface area (Å²) in [4.78, 5) is 16.3. The van der Waals surface area contributed by atoms with Gasteiger partial charge in [-0.05, 0) is 357 Å². The third-order valence-electron chi connectivity index (χ3n) is 27.7. The van der Waals surface area contributed by atoms with Crippen molar-refractivity contribution in [3.63, 3.8) is 0 Å². The summed E-state index contributed by atoms with van der Waals surface area (Å²) in [6.45, 7) is 0. The Bertz CT molecular complexity index is 4940. The summed E-state index contributed by atoms with van der Waals surface area (Å²) in [6, 6.07) is 97.6. The second kappa shape index (κ2) is 25.2. The van der Waals surface area contributed by atoms with Crippen LogP contribution in [0.15, 0.2) is 273 Å². The zero-order valence-electron chi connectivity index (χ0n) is 59.9. The average molecular weight is 1350 g/mol. The third-order valence-corrected chi connectivity index (χ3v) is 27.7. The van der Waals surface area contributed by atoms with Crippen molar-refractivity contribution in [2.45, 2.75) is 132 Å². The second-order valence-corrected chi connectivity index (χ2v) is 33.9. The van der Waals surface area contributed by atoms with Gasteiger partial charge in [-0.2, -0.15) is 0 Å². The quantitative estimate of drug-likeness (QED) is 0.122. The first-order valence-electron chi connectivity index (χ1n) is 39.9. The largest absolute Gasteiger partial charge is 0.256 e. The van der Waals surface area contributed by atoms with E-state index in [1.807, 2.05) is 0 Å². The Balaban J connectivity index is 0.709. The Morgan fingerprint density at radius 1 is 0.162 bits per heavy atom. The highest BCUT2D eigenvalue weighted by molar-refractivity contribution is 5.97. The van der Waals surface area contributed by atoms with Crippen LogP contribution in [0.3, 0.4) is 0 Å². The Hall–Kier alpha value is -10.4. The van der Waals surface area contributed by atoms with E-state index in [4.69, 9.17) is 15.0 Å². The standard InChI is InChI=1S/C102H87N3/c1-4-10-67(11-5-1)70-16-25-91(94(52-70)76-22-31-100(103-58-76)73-19-28-88-79-37-61-34-62(38-79)44-82(43-61)97(88)55-73)85-49-86(92-26-17-71(68-12-6-2-7-13-68)53-95(92)77-23-32-101(104-59-77)74-20-29-89-80-39-63-35-64(40-80)46-83(45-63)98(89)56-74)51-87(50-85)93-27-18-72(69-14-8-3-9-15-69)54-96(93)78-24-33-102(105-60-78)75-21-30-90-81-41-65-36-66(42-81)48-84(47-65)99(90)57-75/h1-33,49-66,79-84H,34-48H2. The van der Waals surface area contributed by atoms with Crippen LogP contribution in [0.1, 0.15) is 165 Å². The lowest BCUT2D eigenvalue weighted by Gasteiger charge is -2.38. The van der Waals surface area contributed by atoms with Crippen molar-refractivity contribution in [1.82, 2.24) is 15.0 Å². The lowest BCUT2D eigenvalue weighted by Crippen LogP contribution is -2.25. The summed E-state index contributed by atoms with van der Waals surface area (Å²) in [5.41, 5.74) is 37.1. The van der Waals surface area contributed by atoms with Crippen LogP contribution >= 0.6 is 0 Å². The first-order chi connectivity index (χ1) is 51.8. The summed E-state index contributed by atoms with van der Waals surface area (Å²) < 4.78 is 0. The third kappa shape index (κ3) is 11.1. The molecule has 0 radical (unpaired) electrons. The molecule has 12 aliphatic carbocycles. The maximum Gasteiger partial charge on any atom is 0.0702 e. The molecule has 3 aromatic heterocycles. The van der Waals surface area contributed by atoms with Crippen LogP contribution < -0.4 is 0 Å². The zero-order chi connectivity index (χ0) is 68.8. The van der Waals surface area contributed by atoms with Gasteiger partial charge in [-0.1, -0.05) is 182 Å². The molecule has 25 rings (SSSR count). The van der Waals surface area contributed by atoms with Crippen LogP contribution in [0.2, 0.25) is 0 Å². The predicted octanol–water partition coefficient (Wildman–Crippen LogP) is 27.0. The predicted molar refractivity (Wildman–Crippen MR) is 432 cm³/mol. The molecule has 0 spiro atoms. The van der Waals surface area contributed by atoms with Gasteiger partial charge in [0.05, 0.1) is 17.1 Å². The molecule has 510 valence electrons. The molecule has 3 heterocycles. The van der Waals surface area contributed by atoms with Crippen molar-refractivity contribution in [3.05, 3.63) is 307 Å². The maximum atomic E-state index is 5.45. The number of benzene rings is 10. The Morgan fingerprint density at radius 2 is 0.410 bits per heavy atom. The first-order valence-corrected chi connectivity index (χ1v) is 39.9. The van der Waals surface area contributed by atoms with Gasteiger partial charge in [-0.25, -0.2) is 0 Å². The van der Waals surface area contributed by atoms with Crippen molar-refractivity contribution in [2.24, 2.45) is 35.5 Å². The van der Waals surface area contributed by atoms with Gasteiger partial charge in [-0.3, -0.25) is 15.0 Å². The van der Waals surface area contributed by atoms with Gasteiger partial charge < -0.3 is 0 Å². The molecule has 6 saturated carbocycles. The Morgan fingerprint density at radius 3 is 0.667 bits per heavy atom. The fraction of sp³-hybridized carbons (Fsp3) is 0.265. The lowest BCUT2D eigenvalue weighted by atomic mass is 9.67.